The van der Waals surface area contributed by atoms with E-state index in [1.54, 1.807) is 9.80 Å². The monoisotopic (exact) mass is 467 g/mol. The maximum atomic E-state index is 6.03. The molecule has 1 aliphatic heterocycles. The Morgan fingerprint density at radius 2 is 1.40 bits per heavy atom. The molecule has 1 aromatic rings. The first kappa shape index (κ1) is 21.8. The van der Waals surface area contributed by atoms with Crippen molar-refractivity contribution in [1.82, 2.24) is 9.80 Å². The van der Waals surface area contributed by atoms with E-state index in [1.165, 1.54) is 0 Å². The smallest absolute Gasteiger partial charge is 0.250 e. The molecule has 0 aromatic heterocycles. The Kier molecular flexibility index (Phi) is 7.94. The summed E-state index contributed by atoms with van der Waals surface area (Å²) >= 11 is 36.2. The van der Waals surface area contributed by atoms with Gasteiger partial charge in [0.1, 0.15) is 5.75 Å². The lowest BCUT2D eigenvalue weighted by atomic mass is 10.2. The predicted molar refractivity (Wildman–Crippen MR) is 108 cm³/mol. The molecule has 0 N–H and O–H groups in total. The molecule has 10 heteroatoms. The normalized spacial score (nSPS) is 17.8. The second kappa shape index (κ2) is 9.11. The molecule has 1 fully saturated rings. The summed E-state index contributed by atoms with van der Waals surface area (Å²) in [6.07, 6.45) is 2.11. The fourth-order valence-corrected chi connectivity index (χ4v) is 2.97. The Hall–Kier alpha value is 0.480. The molecule has 1 heterocycles. The van der Waals surface area contributed by atoms with Crippen LogP contribution in [0.5, 0.6) is 5.75 Å². The Labute approximate surface area is 178 Å². The first-order chi connectivity index (χ1) is 11.6. The van der Waals surface area contributed by atoms with Crippen LogP contribution in [0.2, 0.25) is 0 Å². The molecule has 1 aromatic carbocycles. The third kappa shape index (κ3) is 6.54. The quantitative estimate of drug-likeness (QED) is 0.307. The zero-order chi connectivity index (χ0) is 18.7. The average Bonchev–Trinajstić information content (AvgIpc) is 2.54. The molecule has 1 aliphatic rings. The molecule has 0 amide bonds. The molecule has 0 saturated carbocycles. The zero-order valence-electron chi connectivity index (χ0n) is 13.6. The first-order valence-corrected chi connectivity index (χ1v) is 9.99. The van der Waals surface area contributed by atoms with E-state index in [0.717, 1.165) is 24.3 Å². The Bertz CT molecular complexity index is 524. The lowest BCUT2D eigenvalue weighted by Gasteiger charge is -2.47. The van der Waals surface area contributed by atoms with Gasteiger partial charge in [0.15, 0.2) is 0 Å². The van der Waals surface area contributed by atoms with Crippen molar-refractivity contribution < 1.29 is 4.74 Å². The van der Waals surface area contributed by atoms with Crippen molar-refractivity contribution in [3.63, 3.8) is 0 Å². The van der Waals surface area contributed by atoms with Crippen molar-refractivity contribution in [2.24, 2.45) is 0 Å². The summed E-state index contributed by atoms with van der Waals surface area (Å²) in [7, 11) is 0. The third-order valence-electron chi connectivity index (χ3n) is 3.71. The number of alkyl halides is 6. The Balaban J connectivity index is 2.12. The van der Waals surface area contributed by atoms with Gasteiger partial charge in [0.05, 0.1) is 26.6 Å². The van der Waals surface area contributed by atoms with E-state index < -0.39 is 7.83 Å². The zero-order valence-corrected chi connectivity index (χ0v) is 18.1. The van der Waals surface area contributed by atoms with Gasteiger partial charge in [-0.05, 0) is 30.7 Å². The fourth-order valence-electron chi connectivity index (χ4n) is 2.32. The maximum Gasteiger partial charge on any atom is 0.250 e. The van der Waals surface area contributed by atoms with E-state index in [1.807, 2.05) is 29.2 Å². The molecule has 4 nitrogen and oxygen atoms in total. The maximum absolute atomic E-state index is 6.03. The molecule has 0 atom stereocenters. The van der Waals surface area contributed by atoms with E-state index in [0.29, 0.717) is 19.9 Å². The van der Waals surface area contributed by atoms with E-state index in [9.17, 15) is 0 Å². The van der Waals surface area contributed by atoms with Crippen LogP contribution in [-0.2, 0) is 0 Å². The van der Waals surface area contributed by atoms with Gasteiger partial charge in [0.2, 0.25) is 7.83 Å². The number of unbranched alkanes of at least 4 members (excludes halogenated alkanes) is 1. The van der Waals surface area contributed by atoms with Gasteiger partial charge in [-0.2, -0.15) is 0 Å². The van der Waals surface area contributed by atoms with Crippen molar-refractivity contribution in [2.45, 2.75) is 27.6 Å². The van der Waals surface area contributed by atoms with Crippen LogP contribution in [0.25, 0.3) is 0 Å². The molecule has 142 valence electrons. The van der Waals surface area contributed by atoms with Crippen LogP contribution < -0.4 is 9.64 Å². The van der Waals surface area contributed by atoms with Crippen LogP contribution in [0.3, 0.4) is 0 Å². The van der Waals surface area contributed by atoms with Gasteiger partial charge in [-0.3, -0.25) is 0 Å². The Morgan fingerprint density at radius 3 is 1.84 bits per heavy atom. The van der Waals surface area contributed by atoms with Crippen LogP contribution in [0.4, 0.5) is 5.69 Å². The third-order valence-corrected chi connectivity index (χ3v) is 5.14. The highest BCUT2D eigenvalue weighted by molar-refractivity contribution is 6.67. The van der Waals surface area contributed by atoms with Gasteiger partial charge < -0.3 is 9.64 Å². The SMILES string of the molecule is CCCCOc1ccc(N2CN(C(Cl)(Cl)Cl)CN(C(Cl)(Cl)Cl)C2)cc1. The highest BCUT2D eigenvalue weighted by atomic mass is 35.6. The highest BCUT2D eigenvalue weighted by Crippen LogP contribution is 2.39. The molecular formula is C15H19Cl6N3O. The summed E-state index contributed by atoms with van der Waals surface area (Å²) in [5.74, 6) is 0.811. The first-order valence-electron chi connectivity index (χ1n) is 7.72. The van der Waals surface area contributed by atoms with Crippen molar-refractivity contribution in [3.05, 3.63) is 24.3 Å². The second-order valence-corrected chi connectivity index (χ2v) is 10.1. The van der Waals surface area contributed by atoms with Crippen LogP contribution >= 0.6 is 69.6 Å². The number of hydrogen-bond acceptors (Lipinski definition) is 4. The van der Waals surface area contributed by atoms with Gasteiger partial charge in [-0.25, -0.2) is 9.80 Å². The van der Waals surface area contributed by atoms with Gasteiger partial charge in [0.25, 0.3) is 0 Å². The standard InChI is InChI=1S/C15H19Cl6N3O/c1-2-3-8-25-13-6-4-12(5-7-13)22-9-23(14(16,17)18)11-24(10-22)15(19,20)21/h4-7H,2-3,8-11H2,1H3. The molecule has 0 spiro atoms. The molecule has 0 bridgehead atoms. The second-order valence-electron chi connectivity index (χ2n) is 5.68. The van der Waals surface area contributed by atoms with Gasteiger partial charge in [-0.1, -0.05) is 83.0 Å². The fraction of sp³-hybridized carbons (Fsp3) is 0.600. The van der Waals surface area contributed by atoms with Crippen molar-refractivity contribution in [3.8, 4) is 5.75 Å². The summed E-state index contributed by atoms with van der Waals surface area (Å²) in [5.41, 5.74) is 0.904. The average molecular weight is 470 g/mol. The van der Waals surface area contributed by atoms with Crippen LogP contribution in [0.1, 0.15) is 19.8 Å². The predicted octanol–water partition coefficient (Wildman–Crippen LogP) is 5.82. The van der Waals surface area contributed by atoms with Gasteiger partial charge >= 0.3 is 0 Å². The number of nitrogens with zero attached hydrogens (tertiary/aromatic N) is 3. The van der Waals surface area contributed by atoms with Crippen molar-refractivity contribution >= 4 is 75.3 Å². The number of hydrogen-bond donors (Lipinski definition) is 0. The Morgan fingerprint density at radius 1 is 0.880 bits per heavy atom. The lowest BCUT2D eigenvalue weighted by Crippen LogP contribution is -2.61. The van der Waals surface area contributed by atoms with Crippen LogP contribution in [0.15, 0.2) is 24.3 Å². The molecule has 2 rings (SSSR count). The minimum Gasteiger partial charge on any atom is -0.494 e. The molecule has 1 saturated heterocycles. The topological polar surface area (TPSA) is 19.0 Å². The molecule has 0 radical (unpaired) electrons. The number of halogens is 6. The van der Waals surface area contributed by atoms with Gasteiger partial charge in [-0.15, -0.1) is 0 Å². The van der Waals surface area contributed by atoms with Crippen LogP contribution in [0, 0.1) is 0 Å². The van der Waals surface area contributed by atoms with Crippen molar-refractivity contribution in [2.75, 3.05) is 31.5 Å². The minimum absolute atomic E-state index is 0.210. The van der Waals surface area contributed by atoms with E-state index >= 15 is 0 Å². The number of ether oxygens (including phenoxy) is 1. The van der Waals surface area contributed by atoms with E-state index in [2.05, 4.69) is 6.92 Å². The van der Waals surface area contributed by atoms with Gasteiger partial charge in [0, 0.05) is 5.69 Å². The number of rotatable bonds is 5. The summed E-state index contributed by atoms with van der Waals surface area (Å²) in [5, 5.41) is 0. The summed E-state index contributed by atoms with van der Waals surface area (Å²) in [6, 6.07) is 7.66. The molecule has 0 aliphatic carbocycles. The number of anilines is 1. The molecule has 0 unspecified atom stereocenters. The van der Waals surface area contributed by atoms with E-state index in [-0.39, 0.29) is 6.67 Å². The van der Waals surface area contributed by atoms with Crippen molar-refractivity contribution in [1.29, 1.82) is 0 Å². The molecule has 25 heavy (non-hydrogen) atoms. The lowest BCUT2D eigenvalue weighted by molar-refractivity contribution is 0.0831. The van der Waals surface area contributed by atoms with Crippen LogP contribution in [-0.4, -0.2) is 44.2 Å². The minimum atomic E-state index is -1.62. The largest absolute Gasteiger partial charge is 0.494 e. The summed E-state index contributed by atoms with van der Waals surface area (Å²) in [6.45, 7) is 3.78. The number of benzene rings is 1. The summed E-state index contributed by atoms with van der Waals surface area (Å²) in [4.78, 5) is 5.10. The van der Waals surface area contributed by atoms with E-state index in [4.69, 9.17) is 74.3 Å². The molecular weight excluding hydrogens is 451 g/mol. The summed E-state index contributed by atoms with van der Waals surface area (Å²) < 4.78 is 2.44. The highest BCUT2D eigenvalue weighted by Gasteiger charge is 2.41.